The lowest BCUT2D eigenvalue weighted by molar-refractivity contribution is -0.138. The molecule has 0 saturated carbocycles. The molecule has 1 aliphatic rings. The van der Waals surface area contributed by atoms with Gasteiger partial charge in [-0.05, 0) is 66.3 Å². The number of nitrogens with one attached hydrogen (secondary N) is 1. The largest absolute Gasteiger partial charge is 0.481 e. The zero-order chi connectivity index (χ0) is 27.1. The van der Waals surface area contributed by atoms with E-state index in [2.05, 4.69) is 15.2 Å². The smallest absolute Gasteiger partial charge is 0.416 e. The fraction of sp³-hybridized carbons (Fsp3) is 0.321. The number of aliphatic carboxylic acids is 1. The van der Waals surface area contributed by atoms with Gasteiger partial charge in [-0.15, -0.1) is 0 Å². The predicted molar refractivity (Wildman–Crippen MR) is 136 cm³/mol. The van der Waals surface area contributed by atoms with Crippen molar-refractivity contribution in [2.45, 2.75) is 25.4 Å². The Hall–Kier alpha value is -3.92. The molecule has 1 aromatic heterocycles. The number of anilines is 2. The lowest BCUT2D eigenvalue weighted by atomic mass is 9.99. The average Bonchev–Trinajstić information content (AvgIpc) is 2.92. The van der Waals surface area contributed by atoms with E-state index in [4.69, 9.17) is 9.84 Å². The Bertz CT molecular complexity index is 1220. The first-order valence-electron chi connectivity index (χ1n) is 12.3. The first-order chi connectivity index (χ1) is 18.2. The molecule has 3 aromatic rings. The molecule has 0 unspecified atom stereocenters. The molecule has 1 amide bonds. The maximum atomic E-state index is 12.9. The van der Waals surface area contributed by atoms with Crippen molar-refractivity contribution < 1.29 is 32.6 Å². The molecule has 0 radical (unpaired) electrons. The van der Waals surface area contributed by atoms with E-state index >= 15 is 0 Å². The topological polar surface area (TPSA) is 91.8 Å². The quantitative estimate of drug-likeness (QED) is 0.380. The van der Waals surface area contributed by atoms with E-state index in [1.807, 2.05) is 24.3 Å². The second kappa shape index (κ2) is 12.1. The number of ether oxygens (including phenoxy) is 1. The Kier molecular flexibility index (Phi) is 8.62. The van der Waals surface area contributed by atoms with Crippen molar-refractivity contribution in [1.29, 1.82) is 0 Å². The number of carbonyl (C=O) groups is 2. The first-order valence-corrected chi connectivity index (χ1v) is 12.3. The summed E-state index contributed by atoms with van der Waals surface area (Å²) in [6.07, 6.45) is -1.28. The minimum Gasteiger partial charge on any atom is -0.481 e. The molecule has 2 aromatic carbocycles. The fourth-order valence-electron chi connectivity index (χ4n) is 4.27. The van der Waals surface area contributed by atoms with E-state index in [9.17, 15) is 22.8 Å². The number of halogens is 3. The van der Waals surface area contributed by atoms with Gasteiger partial charge in [-0.1, -0.05) is 24.3 Å². The molecule has 0 atom stereocenters. The van der Waals surface area contributed by atoms with Crippen molar-refractivity contribution in [3.8, 4) is 11.1 Å². The van der Waals surface area contributed by atoms with E-state index in [1.165, 1.54) is 18.3 Å². The van der Waals surface area contributed by atoms with Crippen LogP contribution in [0.15, 0.2) is 66.9 Å². The molecular formula is C28H28F3N3O4. The van der Waals surface area contributed by atoms with Gasteiger partial charge in [-0.25, -0.2) is 4.98 Å². The number of rotatable bonds is 9. The van der Waals surface area contributed by atoms with Crippen molar-refractivity contribution in [2.75, 3.05) is 31.2 Å². The van der Waals surface area contributed by atoms with Gasteiger partial charge < -0.3 is 20.1 Å². The van der Waals surface area contributed by atoms with Gasteiger partial charge in [0.2, 0.25) is 0 Å². The van der Waals surface area contributed by atoms with E-state index in [0.29, 0.717) is 42.6 Å². The summed E-state index contributed by atoms with van der Waals surface area (Å²) >= 11 is 0. The molecule has 7 nitrogen and oxygen atoms in total. The van der Waals surface area contributed by atoms with Crippen LogP contribution >= 0.6 is 0 Å². The lowest BCUT2D eigenvalue weighted by Gasteiger charge is -2.31. The molecule has 4 rings (SSSR count). The van der Waals surface area contributed by atoms with Crippen LogP contribution in [0.2, 0.25) is 0 Å². The normalized spacial score (nSPS) is 14.2. The number of carboxylic acids is 1. The van der Waals surface area contributed by atoms with E-state index in [-0.39, 0.29) is 13.0 Å². The summed E-state index contributed by atoms with van der Waals surface area (Å²) in [4.78, 5) is 29.5. The predicted octanol–water partition coefficient (Wildman–Crippen LogP) is 5.54. The minimum atomic E-state index is -4.38. The molecule has 1 fully saturated rings. The summed E-state index contributed by atoms with van der Waals surface area (Å²) in [5.41, 5.74) is 1.96. The van der Waals surface area contributed by atoms with Gasteiger partial charge in [0.05, 0.1) is 17.5 Å². The zero-order valence-electron chi connectivity index (χ0n) is 20.6. The van der Waals surface area contributed by atoms with Gasteiger partial charge in [-0.2, -0.15) is 13.2 Å². The highest BCUT2D eigenvalue weighted by Crippen LogP contribution is 2.33. The third-order valence-corrected chi connectivity index (χ3v) is 6.42. The summed E-state index contributed by atoms with van der Waals surface area (Å²) in [7, 11) is 0. The van der Waals surface area contributed by atoms with Crippen LogP contribution in [-0.4, -0.2) is 48.3 Å². The van der Waals surface area contributed by atoms with Crippen molar-refractivity contribution in [3.63, 3.8) is 0 Å². The molecule has 38 heavy (non-hydrogen) atoms. The van der Waals surface area contributed by atoms with Gasteiger partial charge in [0.15, 0.2) is 0 Å². The molecule has 0 bridgehead atoms. The number of carbonyl (C=O) groups excluding carboxylic acids is 1. The van der Waals surface area contributed by atoms with Crippen LogP contribution in [0.4, 0.5) is 24.7 Å². The van der Waals surface area contributed by atoms with Crippen LogP contribution < -0.4 is 10.2 Å². The Balaban J connectivity index is 1.54. The van der Waals surface area contributed by atoms with Crippen molar-refractivity contribution in [1.82, 2.24) is 10.3 Å². The van der Waals surface area contributed by atoms with Gasteiger partial charge in [0.1, 0.15) is 5.82 Å². The molecule has 1 saturated heterocycles. The zero-order valence-corrected chi connectivity index (χ0v) is 20.6. The van der Waals surface area contributed by atoms with Gasteiger partial charge in [0.25, 0.3) is 5.91 Å². The van der Waals surface area contributed by atoms with Crippen LogP contribution in [0.5, 0.6) is 0 Å². The number of benzene rings is 2. The van der Waals surface area contributed by atoms with E-state index in [1.54, 1.807) is 12.1 Å². The van der Waals surface area contributed by atoms with Crippen LogP contribution in [0, 0.1) is 5.92 Å². The van der Waals surface area contributed by atoms with E-state index < -0.39 is 23.6 Å². The summed E-state index contributed by atoms with van der Waals surface area (Å²) < 4.78 is 44.2. The van der Waals surface area contributed by atoms with Gasteiger partial charge in [-0.3, -0.25) is 9.59 Å². The number of hydrogen-bond acceptors (Lipinski definition) is 5. The minimum absolute atomic E-state index is 0.0249. The maximum Gasteiger partial charge on any atom is 0.416 e. The molecule has 2 heterocycles. The van der Waals surface area contributed by atoms with Crippen molar-refractivity contribution >= 4 is 23.4 Å². The number of hydrogen-bond donors (Lipinski definition) is 2. The third kappa shape index (κ3) is 7.10. The molecule has 2 N–H and O–H groups in total. The van der Waals surface area contributed by atoms with Crippen LogP contribution in [0.1, 0.15) is 35.2 Å². The fourth-order valence-corrected chi connectivity index (χ4v) is 4.27. The van der Waals surface area contributed by atoms with Gasteiger partial charge in [0, 0.05) is 38.2 Å². The molecule has 0 aliphatic carbocycles. The van der Waals surface area contributed by atoms with Gasteiger partial charge >= 0.3 is 12.1 Å². The highest BCUT2D eigenvalue weighted by molar-refractivity contribution is 5.94. The number of amides is 1. The Labute approximate surface area is 218 Å². The molecule has 10 heteroatoms. The summed E-state index contributed by atoms with van der Waals surface area (Å²) in [6, 6.07) is 16.0. The summed E-state index contributed by atoms with van der Waals surface area (Å²) in [6.45, 7) is 2.08. The molecular weight excluding hydrogens is 499 g/mol. The molecule has 1 aliphatic heterocycles. The second-order valence-electron chi connectivity index (χ2n) is 9.09. The van der Waals surface area contributed by atoms with Crippen molar-refractivity contribution in [3.05, 3.63) is 78.0 Å². The van der Waals surface area contributed by atoms with Crippen LogP contribution in [0.25, 0.3) is 11.1 Å². The standard InChI is InChI=1S/C28H28F3N3O4/c29-28(30,31)23-6-1-20(2-7-23)21-3-8-24(9-4-21)34(18-19-12-15-38-16-13-19)25-10-5-22(17-33-25)27(37)32-14-11-26(35)36/h1-10,17,19H,11-16,18H2,(H,32,37)(H,35,36). The highest BCUT2D eigenvalue weighted by Gasteiger charge is 2.30. The summed E-state index contributed by atoms with van der Waals surface area (Å²) in [5, 5.41) is 11.3. The maximum absolute atomic E-state index is 12.9. The van der Waals surface area contributed by atoms with Crippen LogP contribution in [-0.2, 0) is 15.7 Å². The Morgan fingerprint density at radius 3 is 2.16 bits per heavy atom. The van der Waals surface area contributed by atoms with Crippen molar-refractivity contribution in [2.24, 2.45) is 5.92 Å². The lowest BCUT2D eigenvalue weighted by Crippen LogP contribution is -2.30. The second-order valence-corrected chi connectivity index (χ2v) is 9.09. The van der Waals surface area contributed by atoms with E-state index in [0.717, 1.165) is 36.2 Å². The number of carboxylic acid groups (broad SMARTS) is 1. The third-order valence-electron chi connectivity index (χ3n) is 6.42. The summed E-state index contributed by atoms with van der Waals surface area (Å²) in [5.74, 6) is -0.381. The molecule has 200 valence electrons. The Morgan fingerprint density at radius 2 is 1.61 bits per heavy atom. The SMILES string of the molecule is O=C(O)CCNC(=O)c1ccc(N(CC2CCOCC2)c2ccc(-c3ccc(C(F)(F)F)cc3)cc2)nc1. The van der Waals surface area contributed by atoms with Crippen LogP contribution in [0.3, 0.4) is 0 Å². The molecule has 0 spiro atoms. The Morgan fingerprint density at radius 1 is 0.974 bits per heavy atom. The number of alkyl halides is 3. The number of nitrogens with zero attached hydrogens (tertiary/aromatic N) is 2. The highest BCUT2D eigenvalue weighted by atomic mass is 19.4. The number of aromatic nitrogens is 1. The number of pyridine rings is 1. The monoisotopic (exact) mass is 527 g/mol. The first kappa shape index (κ1) is 27.1. The average molecular weight is 528 g/mol.